The fourth-order valence-corrected chi connectivity index (χ4v) is 1.57. The molecule has 2 N–H and O–H groups in total. The van der Waals surface area contributed by atoms with Crippen LogP contribution >= 0.6 is 0 Å². The minimum Gasteiger partial charge on any atom is -0.396 e. The van der Waals surface area contributed by atoms with Crippen molar-refractivity contribution < 1.29 is 5.11 Å². The molecule has 0 spiro atoms. The van der Waals surface area contributed by atoms with Crippen LogP contribution in [-0.2, 0) is 0 Å². The van der Waals surface area contributed by atoms with Crippen molar-refractivity contribution in [2.45, 2.75) is 6.42 Å². The molecular weight excluding hydrogens is 140 g/mol. The molecule has 0 saturated carbocycles. The van der Waals surface area contributed by atoms with Gasteiger partial charge in [-0.3, -0.25) is 0 Å². The summed E-state index contributed by atoms with van der Waals surface area (Å²) in [6, 6.07) is 0. The predicted molar refractivity (Wildman–Crippen MR) is 45.6 cm³/mol. The van der Waals surface area contributed by atoms with Crippen LogP contribution in [-0.4, -0.2) is 49.8 Å². The van der Waals surface area contributed by atoms with Crippen molar-refractivity contribution >= 4 is 0 Å². The number of hydrogen-bond donors (Lipinski definition) is 2. The van der Waals surface area contributed by atoms with Crippen LogP contribution < -0.4 is 5.32 Å². The van der Waals surface area contributed by atoms with E-state index in [1.165, 1.54) is 13.1 Å². The Morgan fingerprint density at radius 3 is 2.82 bits per heavy atom. The smallest absolute Gasteiger partial charge is 0.0443 e. The maximum Gasteiger partial charge on any atom is 0.0443 e. The Labute approximate surface area is 68.4 Å². The van der Waals surface area contributed by atoms with E-state index in [-0.39, 0.29) is 0 Å². The molecule has 1 aliphatic heterocycles. The van der Waals surface area contributed by atoms with Gasteiger partial charge in [-0.2, -0.15) is 0 Å². The van der Waals surface area contributed by atoms with Crippen LogP contribution in [0.25, 0.3) is 0 Å². The molecule has 0 radical (unpaired) electrons. The summed E-state index contributed by atoms with van der Waals surface area (Å²) in [5, 5.41) is 11.7. The van der Waals surface area contributed by atoms with Gasteiger partial charge in [0.2, 0.25) is 0 Å². The van der Waals surface area contributed by atoms with Gasteiger partial charge in [0.1, 0.15) is 0 Å². The lowest BCUT2D eigenvalue weighted by molar-refractivity contribution is 0.0924. The van der Waals surface area contributed by atoms with E-state index in [0.717, 1.165) is 25.4 Å². The van der Waals surface area contributed by atoms with E-state index in [1.807, 2.05) is 7.05 Å². The monoisotopic (exact) mass is 158 g/mol. The van der Waals surface area contributed by atoms with E-state index >= 15 is 0 Å². The van der Waals surface area contributed by atoms with Crippen molar-refractivity contribution in [3.8, 4) is 0 Å². The van der Waals surface area contributed by atoms with E-state index in [2.05, 4.69) is 10.2 Å². The second kappa shape index (κ2) is 4.70. The first-order valence-electron chi connectivity index (χ1n) is 4.34. The minimum absolute atomic E-state index is 0.327. The molecule has 11 heavy (non-hydrogen) atoms. The largest absolute Gasteiger partial charge is 0.396 e. The summed E-state index contributed by atoms with van der Waals surface area (Å²) in [6.45, 7) is 4.95. The number of nitrogens with zero attached hydrogens (tertiary/aromatic N) is 1. The van der Waals surface area contributed by atoms with Crippen LogP contribution in [0.2, 0.25) is 0 Å². The molecule has 1 aliphatic rings. The maximum atomic E-state index is 8.57. The fourth-order valence-electron chi connectivity index (χ4n) is 1.57. The zero-order valence-corrected chi connectivity index (χ0v) is 7.21. The topological polar surface area (TPSA) is 35.5 Å². The Hall–Kier alpha value is -0.120. The van der Waals surface area contributed by atoms with Crippen LogP contribution in [0.4, 0.5) is 0 Å². The zero-order valence-electron chi connectivity index (χ0n) is 7.21. The van der Waals surface area contributed by atoms with Gasteiger partial charge in [-0.1, -0.05) is 0 Å². The zero-order chi connectivity index (χ0) is 8.10. The molecule has 1 fully saturated rings. The third-order valence-corrected chi connectivity index (χ3v) is 2.16. The summed E-state index contributed by atoms with van der Waals surface area (Å²) < 4.78 is 0. The first kappa shape index (κ1) is 8.97. The van der Waals surface area contributed by atoms with Crippen molar-refractivity contribution in [1.82, 2.24) is 10.2 Å². The number of likely N-dealkylation sites (tertiary alicyclic amines) is 1. The van der Waals surface area contributed by atoms with E-state index in [4.69, 9.17) is 5.11 Å². The lowest BCUT2D eigenvalue weighted by Gasteiger charge is -2.39. The average molecular weight is 158 g/mol. The van der Waals surface area contributed by atoms with Gasteiger partial charge in [0.25, 0.3) is 0 Å². The normalized spacial score (nSPS) is 20.2. The number of nitrogens with one attached hydrogen (secondary N) is 1. The van der Waals surface area contributed by atoms with Crippen LogP contribution in [0.15, 0.2) is 0 Å². The molecule has 66 valence electrons. The molecule has 0 unspecified atom stereocenters. The Morgan fingerprint density at radius 2 is 2.27 bits per heavy atom. The first-order chi connectivity index (χ1) is 5.36. The summed E-state index contributed by atoms with van der Waals surface area (Å²) in [6.07, 6.45) is 0.923. The Bertz CT molecular complexity index is 102. The number of aliphatic hydroxyl groups is 1. The average Bonchev–Trinajstić information content (AvgIpc) is 1.94. The van der Waals surface area contributed by atoms with Gasteiger partial charge in [-0.25, -0.2) is 0 Å². The van der Waals surface area contributed by atoms with Gasteiger partial charge < -0.3 is 15.3 Å². The molecule has 3 nitrogen and oxygen atoms in total. The summed E-state index contributed by atoms with van der Waals surface area (Å²) in [4.78, 5) is 2.39. The first-order valence-corrected chi connectivity index (χ1v) is 4.34. The quantitative estimate of drug-likeness (QED) is 0.567. The van der Waals surface area contributed by atoms with Gasteiger partial charge in [-0.15, -0.1) is 0 Å². The van der Waals surface area contributed by atoms with Crippen LogP contribution in [0.3, 0.4) is 0 Å². The van der Waals surface area contributed by atoms with Gasteiger partial charge in [0, 0.05) is 32.8 Å². The molecule has 3 heteroatoms. The number of aliphatic hydroxyl groups excluding tert-OH is 1. The lowest BCUT2D eigenvalue weighted by atomic mass is 10.0. The fraction of sp³-hybridized carbons (Fsp3) is 1.00. The highest BCUT2D eigenvalue weighted by atomic mass is 16.3. The highest BCUT2D eigenvalue weighted by molar-refractivity contribution is 4.80. The van der Waals surface area contributed by atoms with Crippen molar-refractivity contribution in [2.75, 3.05) is 39.8 Å². The van der Waals surface area contributed by atoms with Crippen molar-refractivity contribution in [2.24, 2.45) is 5.92 Å². The molecule has 1 rings (SSSR count). The number of rotatable bonds is 5. The molecule has 0 aromatic heterocycles. The molecule has 0 atom stereocenters. The molecule has 1 heterocycles. The summed E-state index contributed by atoms with van der Waals surface area (Å²) in [7, 11) is 2.00. The number of hydrogen-bond acceptors (Lipinski definition) is 3. The molecule has 1 saturated heterocycles. The van der Waals surface area contributed by atoms with E-state index in [1.54, 1.807) is 0 Å². The van der Waals surface area contributed by atoms with Crippen LogP contribution in [0.1, 0.15) is 6.42 Å². The van der Waals surface area contributed by atoms with Crippen molar-refractivity contribution in [3.63, 3.8) is 0 Å². The van der Waals surface area contributed by atoms with E-state index in [9.17, 15) is 0 Å². The Balaban J connectivity index is 1.92. The summed E-state index contributed by atoms with van der Waals surface area (Å²) >= 11 is 0. The Morgan fingerprint density at radius 1 is 1.55 bits per heavy atom. The highest BCUT2D eigenvalue weighted by Crippen LogP contribution is 2.13. The molecule has 0 aliphatic carbocycles. The van der Waals surface area contributed by atoms with Crippen LogP contribution in [0.5, 0.6) is 0 Å². The third-order valence-electron chi connectivity index (χ3n) is 2.16. The molecule has 0 bridgehead atoms. The maximum absolute atomic E-state index is 8.57. The Kier molecular flexibility index (Phi) is 3.83. The second-order valence-corrected chi connectivity index (χ2v) is 3.26. The molecule has 0 amide bonds. The SMILES string of the molecule is CNCC1CN(CCCO)C1. The van der Waals surface area contributed by atoms with E-state index in [0.29, 0.717) is 6.61 Å². The van der Waals surface area contributed by atoms with Gasteiger partial charge in [-0.05, 0) is 19.4 Å². The molecule has 0 aromatic rings. The van der Waals surface area contributed by atoms with E-state index < -0.39 is 0 Å². The minimum atomic E-state index is 0.327. The molecule has 0 aromatic carbocycles. The summed E-state index contributed by atoms with van der Waals surface area (Å²) in [5.74, 6) is 0.846. The van der Waals surface area contributed by atoms with Crippen molar-refractivity contribution in [3.05, 3.63) is 0 Å². The second-order valence-electron chi connectivity index (χ2n) is 3.26. The van der Waals surface area contributed by atoms with Gasteiger partial charge in [0.15, 0.2) is 0 Å². The van der Waals surface area contributed by atoms with Gasteiger partial charge in [0.05, 0.1) is 0 Å². The van der Waals surface area contributed by atoms with Gasteiger partial charge >= 0.3 is 0 Å². The third kappa shape index (κ3) is 2.77. The lowest BCUT2D eigenvalue weighted by Crippen LogP contribution is -2.50. The van der Waals surface area contributed by atoms with Crippen LogP contribution in [0, 0.1) is 5.92 Å². The molecular formula is C8H18N2O. The standard InChI is InChI=1S/C8H18N2O/c1-9-5-8-6-10(7-8)3-2-4-11/h8-9,11H,2-7H2,1H3. The summed E-state index contributed by atoms with van der Waals surface area (Å²) in [5.41, 5.74) is 0. The van der Waals surface area contributed by atoms with Crippen molar-refractivity contribution in [1.29, 1.82) is 0 Å². The highest BCUT2D eigenvalue weighted by Gasteiger charge is 2.24. The predicted octanol–water partition coefficient (Wildman–Crippen LogP) is -0.480.